The van der Waals surface area contributed by atoms with Crippen LogP contribution in [-0.4, -0.2) is 129 Å². The van der Waals surface area contributed by atoms with Crippen LogP contribution in [0.3, 0.4) is 0 Å². The molecule has 0 spiro atoms. The van der Waals surface area contributed by atoms with Gasteiger partial charge in [-0.2, -0.15) is 30.6 Å². The molecule has 28 heteroatoms. The lowest BCUT2D eigenvalue weighted by Crippen LogP contribution is -2.38. The molecule has 9 aromatic heterocycles. The van der Waals surface area contributed by atoms with Gasteiger partial charge in [0.2, 0.25) is 18.8 Å². The number of aryl methyl sites for hydroxylation is 4. The highest BCUT2D eigenvalue weighted by Crippen LogP contribution is 2.41. The van der Waals surface area contributed by atoms with Crippen molar-refractivity contribution in [3.63, 3.8) is 0 Å². The molecule has 16 rings (SSSR count). The number of aromatic nitrogens is 17. The van der Waals surface area contributed by atoms with Crippen LogP contribution in [0.25, 0.3) is 61.3 Å². The molecular weight excluding hydrogens is 1320 g/mol. The largest absolute Gasteiger partial charge is 0.381 e. The summed E-state index contributed by atoms with van der Waals surface area (Å²) >= 11 is 0. The van der Waals surface area contributed by atoms with Crippen LogP contribution in [-0.2, 0) is 27.8 Å². The molecule has 2 amide bonds. The number of guanidine groups is 1. The maximum Gasteiger partial charge on any atom is 0.218 e. The first-order valence-corrected chi connectivity index (χ1v) is 35.7. The summed E-state index contributed by atoms with van der Waals surface area (Å²) < 4.78 is 6.82. The highest BCUT2D eigenvalue weighted by molar-refractivity contribution is 6.08. The van der Waals surface area contributed by atoms with Gasteiger partial charge in [-0.05, 0) is 183 Å². The Morgan fingerprint density at radius 2 is 1.56 bits per heavy atom. The van der Waals surface area contributed by atoms with Crippen molar-refractivity contribution >= 4 is 86.1 Å². The van der Waals surface area contributed by atoms with Crippen molar-refractivity contribution in [1.29, 1.82) is 0 Å². The first-order chi connectivity index (χ1) is 50.9. The second kappa shape index (κ2) is 33.3. The number of anilines is 2. The number of rotatable bonds is 17. The fourth-order valence-corrected chi connectivity index (χ4v) is 13.7. The van der Waals surface area contributed by atoms with Gasteiger partial charge in [0.15, 0.2) is 5.82 Å². The number of aliphatic imine (C=N–C) groups is 2. The van der Waals surface area contributed by atoms with Crippen molar-refractivity contribution in [1.82, 2.24) is 107 Å². The number of carbonyl (C=O) groups excluding carboxylic acids is 2. The summed E-state index contributed by atoms with van der Waals surface area (Å²) in [6.45, 7) is 22.4. The van der Waals surface area contributed by atoms with Gasteiger partial charge in [-0.1, -0.05) is 44.7 Å². The third-order valence-electron chi connectivity index (χ3n) is 19.3. The molecule has 0 bridgehead atoms. The van der Waals surface area contributed by atoms with E-state index in [0.717, 1.165) is 177 Å². The normalized spacial score (nSPS) is 18.0. The molecule has 5 unspecified atom stereocenters. The summed E-state index contributed by atoms with van der Waals surface area (Å²) in [7, 11) is 0. The van der Waals surface area contributed by atoms with Gasteiger partial charge in [-0.3, -0.25) is 44.7 Å². The Hall–Kier alpha value is -12.1. The minimum Gasteiger partial charge on any atom is -0.381 e. The van der Waals surface area contributed by atoms with Gasteiger partial charge in [0.25, 0.3) is 0 Å². The number of nitrogens with zero attached hydrogens (tertiary/aromatic N) is 13. The maximum absolute atomic E-state index is 10.7. The maximum atomic E-state index is 10.7. The molecule has 3 aliphatic carbocycles. The van der Waals surface area contributed by atoms with Gasteiger partial charge < -0.3 is 36.8 Å². The number of carbonyl (C=O) groups is 2. The SMILES string of the molecule is C=Cc1[nH]ncc1C1=CNC(c2cn[nH]c2C)C=C1CCC(C)NC=O.CC(C)(C)c1cc(N)no1.CC1=NC(=NC2CCc3c(c(-c4cn[nH]c4C)nc4ccc5[nH]ncc5c34)C2)NC(C)C1.Cc1[nH]ncc1C(Nc1ccc2[nH]ncc2c1)C1=CCCCC1.O=CNC1=CC=C(n2cnnc2)CC1. The van der Waals surface area contributed by atoms with E-state index in [1.807, 2.05) is 102 Å². The quantitative estimate of drug-likeness (QED) is 0.0298. The summed E-state index contributed by atoms with van der Waals surface area (Å²) in [5.74, 6) is 2.04. The van der Waals surface area contributed by atoms with E-state index >= 15 is 0 Å². The summed E-state index contributed by atoms with van der Waals surface area (Å²) in [5.41, 5.74) is 28.7. The first kappa shape index (κ1) is 72.7. The summed E-state index contributed by atoms with van der Waals surface area (Å²) in [4.78, 5) is 35.7. The third-order valence-corrected chi connectivity index (χ3v) is 19.3. The highest BCUT2D eigenvalue weighted by Gasteiger charge is 2.29. The van der Waals surface area contributed by atoms with Crippen molar-refractivity contribution in [2.75, 3.05) is 11.1 Å². The van der Waals surface area contributed by atoms with E-state index in [4.69, 9.17) is 20.2 Å². The Morgan fingerprint density at radius 1 is 0.800 bits per heavy atom. The number of hydrogen-bond donors (Lipinski definition) is 12. The van der Waals surface area contributed by atoms with Gasteiger partial charge in [-0.25, -0.2) is 15.0 Å². The van der Waals surface area contributed by atoms with Crippen LogP contribution in [0.15, 0.2) is 155 Å². The zero-order valence-corrected chi connectivity index (χ0v) is 60.9. The van der Waals surface area contributed by atoms with Gasteiger partial charge in [-0.15, -0.1) is 10.2 Å². The molecule has 2 aliphatic heterocycles. The van der Waals surface area contributed by atoms with Crippen LogP contribution >= 0.6 is 0 Å². The molecule has 28 nitrogen and oxygen atoms in total. The Labute approximate surface area is 608 Å². The van der Waals surface area contributed by atoms with E-state index in [0.29, 0.717) is 18.3 Å². The predicted octanol–water partition coefficient (Wildman–Crippen LogP) is 12.8. The Kier molecular flexibility index (Phi) is 23.1. The van der Waals surface area contributed by atoms with Crippen LogP contribution < -0.4 is 32.3 Å². The molecule has 5 atom stereocenters. The monoisotopic (exact) mass is 1420 g/mol. The van der Waals surface area contributed by atoms with E-state index in [1.165, 1.54) is 52.5 Å². The van der Waals surface area contributed by atoms with E-state index in [-0.39, 0.29) is 29.6 Å². The second-order valence-electron chi connectivity index (χ2n) is 28.1. The van der Waals surface area contributed by atoms with E-state index in [9.17, 15) is 9.59 Å². The van der Waals surface area contributed by atoms with Crippen molar-refractivity contribution in [3.8, 4) is 11.3 Å². The zero-order chi connectivity index (χ0) is 73.6. The summed E-state index contributed by atoms with van der Waals surface area (Å²) in [5, 5.41) is 73.9. The van der Waals surface area contributed by atoms with Crippen LogP contribution in [0.2, 0.25) is 0 Å². The molecule has 0 fully saturated rings. The van der Waals surface area contributed by atoms with Crippen molar-refractivity contribution in [2.24, 2.45) is 9.98 Å². The fourth-order valence-electron chi connectivity index (χ4n) is 13.7. The number of nitrogens with two attached hydrogens (primary N) is 1. The van der Waals surface area contributed by atoms with Crippen LogP contribution in [0.5, 0.6) is 0 Å². The Bertz CT molecular complexity index is 5050. The number of benzene rings is 2. The van der Waals surface area contributed by atoms with E-state index in [2.05, 4.69) is 178 Å². The van der Waals surface area contributed by atoms with Gasteiger partial charge >= 0.3 is 0 Å². The summed E-state index contributed by atoms with van der Waals surface area (Å²) in [6, 6.07) is 13.1. The van der Waals surface area contributed by atoms with Gasteiger partial charge in [0.1, 0.15) is 18.4 Å². The predicted molar refractivity (Wildman–Crippen MR) is 412 cm³/mol. The minimum atomic E-state index is 0.00458. The molecule has 544 valence electrons. The van der Waals surface area contributed by atoms with Crippen LogP contribution in [0.1, 0.15) is 174 Å². The number of aromatic amines is 6. The van der Waals surface area contributed by atoms with E-state index < -0.39 is 0 Å². The second-order valence-corrected chi connectivity index (χ2v) is 28.1. The number of amides is 2. The molecule has 11 aromatic rings. The van der Waals surface area contributed by atoms with E-state index in [1.54, 1.807) is 24.8 Å². The fraction of sp³-hybridized carbons (Fsp3) is 0.351. The molecule has 2 aromatic carbocycles. The number of nitrogens with one attached hydrogen (secondary N) is 11. The standard InChI is InChI=1S/C24H26N8.C19H24N6O.C18H21N5.C9H10N4O.C7H12N2O/c1-12-8-13(2)28-24(27-12)29-15-4-5-16-17(9-15)23(18-10-25-31-14(18)3)30-21-7-6-20-19(22(16)21)11-26-32-20;1-4-18-17(10-23-25-18)16-8-20-19(15-9-22-24-13(15)3)7-14(16)6-5-12(2)21-11-26;1-12-16(11-20-22-12)18(13-5-3-2-4-6-13)21-15-7-8-17-14(9-15)10-19-23-17;14-7-10-8-1-3-9(4-2-8)13-5-11-12-6-13;1-7(2,3)5-4-6(8)9-10-5/h6-7,10-12,15H,4-5,8-9H2,1-3H3,(H,25,31)(H,26,32)(H,27,29);4,7-12,19-20H,1,5-6H2,2-3H3,(H,21,26)(H,22,24)(H,23,25);5,7-11,18,21H,2-4,6H2,1H3,(H,19,23)(H,20,22);1,3,5-7H,2,4H2,(H,10,14);4H,1-3H3,(H2,8,9). The number of dihydropyridines is 1. The van der Waals surface area contributed by atoms with Crippen LogP contribution in [0.4, 0.5) is 11.5 Å². The smallest absolute Gasteiger partial charge is 0.218 e. The minimum absolute atomic E-state index is 0.00458. The van der Waals surface area contributed by atoms with Crippen molar-refractivity contribution in [3.05, 3.63) is 197 Å². The molecule has 0 saturated heterocycles. The first-order valence-electron chi connectivity index (χ1n) is 35.7. The lowest BCUT2D eigenvalue weighted by molar-refractivity contribution is -0.110. The molecule has 0 radical (unpaired) electrons. The molecule has 0 saturated carbocycles. The molecular formula is C77H93N25O3. The number of allylic oxidation sites excluding steroid dienone is 7. The van der Waals surface area contributed by atoms with Gasteiger partial charge in [0, 0.05) is 120 Å². The molecule has 5 aliphatic rings. The van der Waals surface area contributed by atoms with Crippen molar-refractivity contribution in [2.45, 2.75) is 175 Å². The topological polar surface area (TPSA) is 387 Å². The number of fused-ring (bicyclic) bond motifs is 6. The average Bonchev–Trinajstić information content (AvgIpc) is 1.72. The third kappa shape index (κ3) is 17.7. The molecule has 11 heterocycles. The average molecular weight is 1420 g/mol. The van der Waals surface area contributed by atoms with Gasteiger partial charge in [0.05, 0.1) is 83.2 Å². The van der Waals surface area contributed by atoms with Crippen LogP contribution in [0, 0.1) is 20.8 Å². The summed E-state index contributed by atoms with van der Waals surface area (Å²) in [6.07, 6.45) is 40.3. The number of H-pyrrole nitrogens is 6. The Balaban J connectivity index is 0.000000129. The van der Waals surface area contributed by atoms with Crippen molar-refractivity contribution < 1.29 is 14.1 Å². The number of pyridine rings is 1. The molecule has 105 heavy (non-hydrogen) atoms. The Morgan fingerprint density at radius 3 is 2.25 bits per heavy atom. The highest BCUT2D eigenvalue weighted by atomic mass is 16.5. The number of nitrogen functional groups attached to an aromatic ring is 1. The number of hydrogen-bond acceptors (Lipinski definition) is 17. The lowest BCUT2D eigenvalue weighted by atomic mass is 9.83. The zero-order valence-electron chi connectivity index (χ0n) is 60.9. The lowest BCUT2D eigenvalue weighted by Gasteiger charge is -2.27. The molecule has 13 N–H and O–H groups in total.